The van der Waals surface area contributed by atoms with Crippen LogP contribution < -0.4 is 15.4 Å². The molecule has 3 rings (SSSR count). The van der Waals surface area contributed by atoms with Crippen molar-refractivity contribution in [3.05, 3.63) is 54.0 Å². The lowest BCUT2D eigenvalue weighted by atomic mass is 9.98. The second-order valence-corrected chi connectivity index (χ2v) is 7.58. The van der Waals surface area contributed by atoms with E-state index in [0.29, 0.717) is 19.2 Å². The van der Waals surface area contributed by atoms with Crippen molar-refractivity contribution in [3.63, 3.8) is 0 Å². The van der Waals surface area contributed by atoms with Gasteiger partial charge in [0.25, 0.3) is 0 Å². The molecule has 2 amide bonds. The van der Waals surface area contributed by atoms with Gasteiger partial charge in [-0.25, -0.2) is 4.79 Å². The van der Waals surface area contributed by atoms with E-state index in [4.69, 9.17) is 9.15 Å². The Morgan fingerprint density at radius 2 is 2.00 bits per heavy atom. The SMILES string of the molecule is CN(C)C(CNC(=O)NCc1cccc(OC2CCCCC2)c1)c1ccco1. The van der Waals surface area contributed by atoms with Crippen LogP contribution in [0.15, 0.2) is 47.1 Å². The standard InChI is InChI=1S/C22H31N3O3/c1-25(2)20(21-12-7-13-27-21)16-24-22(26)23-15-17-8-6-11-19(14-17)28-18-9-4-3-5-10-18/h6-8,11-14,18,20H,3-5,9-10,15-16H2,1-2H3,(H2,23,24,26). The fraction of sp³-hybridized carbons (Fsp3) is 0.500. The van der Waals surface area contributed by atoms with Gasteiger partial charge in [0.05, 0.1) is 18.4 Å². The van der Waals surface area contributed by atoms with Crippen LogP contribution in [0.1, 0.15) is 49.5 Å². The molecule has 1 aliphatic carbocycles. The van der Waals surface area contributed by atoms with Crippen molar-refractivity contribution >= 4 is 6.03 Å². The van der Waals surface area contributed by atoms with E-state index in [0.717, 1.165) is 29.9 Å². The molecular formula is C22H31N3O3. The monoisotopic (exact) mass is 385 g/mol. The molecule has 6 nitrogen and oxygen atoms in total. The summed E-state index contributed by atoms with van der Waals surface area (Å²) in [7, 11) is 3.93. The Morgan fingerprint density at radius 1 is 1.18 bits per heavy atom. The fourth-order valence-corrected chi connectivity index (χ4v) is 3.56. The van der Waals surface area contributed by atoms with Crippen LogP contribution in [0, 0.1) is 0 Å². The first-order valence-electron chi connectivity index (χ1n) is 10.1. The van der Waals surface area contributed by atoms with E-state index in [1.165, 1.54) is 19.3 Å². The number of carbonyl (C=O) groups excluding carboxylic acids is 1. The summed E-state index contributed by atoms with van der Waals surface area (Å²) in [6.45, 7) is 0.929. The zero-order valence-corrected chi connectivity index (χ0v) is 16.8. The van der Waals surface area contributed by atoms with Gasteiger partial charge in [-0.2, -0.15) is 0 Å². The van der Waals surface area contributed by atoms with Crippen molar-refractivity contribution in [2.45, 2.75) is 50.8 Å². The van der Waals surface area contributed by atoms with Crippen molar-refractivity contribution in [1.29, 1.82) is 0 Å². The van der Waals surface area contributed by atoms with E-state index >= 15 is 0 Å². The molecule has 0 radical (unpaired) electrons. The van der Waals surface area contributed by atoms with Crippen molar-refractivity contribution in [3.8, 4) is 5.75 Å². The summed E-state index contributed by atoms with van der Waals surface area (Å²) in [5.74, 6) is 1.72. The Kier molecular flexibility index (Phi) is 7.37. The van der Waals surface area contributed by atoms with Gasteiger partial charge in [-0.05, 0) is 69.6 Å². The summed E-state index contributed by atoms with van der Waals surface area (Å²) in [4.78, 5) is 14.2. The zero-order chi connectivity index (χ0) is 19.8. The van der Waals surface area contributed by atoms with Crippen LogP contribution in [0.2, 0.25) is 0 Å². The van der Waals surface area contributed by atoms with Gasteiger partial charge in [-0.1, -0.05) is 18.6 Å². The number of furan rings is 1. The van der Waals surface area contributed by atoms with Crippen LogP contribution in [-0.4, -0.2) is 37.7 Å². The molecule has 1 unspecified atom stereocenters. The van der Waals surface area contributed by atoms with E-state index in [9.17, 15) is 4.79 Å². The Bertz CT molecular complexity index is 724. The number of likely N-dealkylation sites (N-methyl/N-ethyl adjacent to an activating group) is 1. The highest BCUT2D eigenvalue weighted by Gasteiger charge is 2.18. The first-order valence-corrected chi connectivity index (χ1v) is 10.1. The fourth-order valence-electron chi connectivity index (χ4n) is 3.56. The van der Waals surface area contributed by atoms with Gasteiger partial charge in [0.2, 0.25) is 0 Å². The molecule has 28 heavy (non-hydrogen) atoms. The number of carbonyl (C=O) groups is 1. The van der Waals surface area contributed by atoms with E-state index in [1.807, 2.05) is 55.4 Å². The average Bonchev–Trinajstić information content (AvgIpc) is 3.22. The lowest BCUT2D eigenvalue weighted by Gasteiger charge is -2.23. The van der Waals surface area contributed by atoms with Crippen LogP contribution >= 0.6 is 0 Å². The number of hydrogen-bond acceptors (Lipinski definition) is 4. The maximum Gasteiger partial charge on any atom is 0.315 e. The normalized spacial score (nSPS) is 16.0. The quantitative estimate of drug-likeness (QED) is 0.718. The minimum atomic E-state index is -0.197. The second-order valence-electron chi connectivity index (χ2n) is 7.58. The Labute approximate surface area is 167 Å². The summed E-state index contributed by atoms with van der Waals surface area (Å²) >= 11 is 0. The molecule has 2 N–H and O–H groups in total. The van der Waals surface area contributed by atoms with Crippen LogP contribution in [0.3, 0.4) is 0 Å². The van der Waals surface area contributed by atoms with Gasteiger partial charge in [0, 0.05) is 13.1 Å². The van der Waals surface area contributed by atoms with Gasteiger partial charge in [-0.3, -0.25) is 4.90 Å². The summed E-state index contributed by atoms with van der Waals surface area (Å²) < 4.78 is 11.6. The number of nitrogens with zero attached hydrogens (tertiary/aromatic N) is 1. The maximum atomic E-state index is 12.2. The summed E-state index contributed by atoms with van der Waals surface area (Å²) in [5.41, 5.74) is 1.03. The molecule has 1 aromatic carbocycles. The van der Waals surface area contributed by atoms with Gasteiger partial charge in [0.1, 0.15) is 11.5 Å². The van der Waals surface area contributed by atoms with E-state index in [-0.39, 0.29) is 12.1 Å². The maximum absolute atomic E-state index is 12.2. The van der Waals surface area contributed by atoms with Gasteiger partial charge in [-0.15, -0.1) is 0 Å². The Hall–Kier alpha value is -2.47. The third-order valence-corrected chi connectivity index (χ3v) is 5.16. The van der Waals surface area contributed by atoms with Crippen molar-refractivity contribution in [1.82, 2.24) is 15.5 Å². The Balaban J connectivity index is 1.45. The van der Waals surface area contributed by atoms with Crippen LogP contribution in [0.25, 0.3) is 0 Å². The molecule has 1 atom stereocenters. The number of hydrogen-bond donors (Lipinski definition) is 2. The van der Waals surface area contributed by atoms with Gasteiger partial charge < -0.3 is 19.8 Å². The molecule has 0 aliphatic heterocycles. The molecule has 1 fully saturated rings. The largest absolute Gasteiger partial charge is 0.490 e. The van der Waals surface area contributed by atoms with Crippen LogP contribution in [0.5, 0.6) is 5.75 Å². The Morgan fingerprint density at radius 3 is 2.71 bits per heavy atom. The first kappa shape index (κ1) is 20.3. The topological polar surface area (TPSA) is 66.7 Å². The molecule has 1 aromatic heterocycles. The molecule has 1 heterocycles. The summed E-state index contributed by atoms with van der Waals surface area (Å²) in [6.07, 6.45) is 8.05. The van der Waals surface area contributed by atoms with Gasteiger partial charge in [0.15, 0.2) is 0 Å². The second kappa shape index (κ2) is 10.2. The predicted octanol–water partition coefficient (Wildman–Crippen LogP) is 4.09. The van der Waals surface area contributed by atoms with Crippen molar-refractivity contribution < 1.29 is 13.9 Å². The highest BCUT2D eigenvalue weighted by Crippen LogP contribution is 2.24. The smallest absolute Gasteiger partial charge is 0.315 e. The summed E-state index contributed by atoms with van der Waals surface area (Å²) in [5, 5.41) is 5.83. The van der Waals surface area contributed by atoms with Crippen molar-refractivity contribution in [2.75, 3.05) is 20.6 Å². The number of rotatable bonds is 8. The molecule has 2 aromatic rings. The number of ether oxygens (including phenoxy) is 1. The first-order chi connectivity index (χ1) is 13.6. The lowest BCUT2D eigenvalue weighted by molar-refractivity contribution is 0.155. The molecule has 0 spiro atoms. The minimum absolute atomic E-state index is 0.00651. The average molecular weight is 386 g/mol. The lowest BCUT2D eigenvalue weighted by Crippen LogP contribution is -2.40. The minimum Gasteiger partial charge on any atom is -0.490 e. The molecule has 6 heteroatoms. The van der Waals surface area contributed by atoms with Crippen LogP contribution in [-0.2, 0) is 6.54 Å². The molecule has 0 saturated heterocycles. The molecule has 1 saturated carbocycles. The van der Waals surface area contributed by atoms with Gasteiger partial charge >= 0.3 is 6.03 Å². The van der Waals surface area contributed by atoms with Crippen LogP contribution in [0.4, 0.5) is 4.79 Å². The predicted molar refractivity (Wildman–Crippen MR) is 109 cm³/mol. The van der Waals surface area contributed by atoms with E-state index in [2.05, 4.69) is 10.6 Å². The summed E-state index contributed by atoms with van der Waals surface area (Å²) in [6, 6.07) is 11.6. The highest BCUT2D eigenvalue weighted by molar-refractivity contribution is 5.73. The van der Waals surface area contributed by atoms with Crippen molar-refractivity contribution in [2.24, 2.45) is 0 Å². The number of urea groups is 1. The van der Waals surface area contributed by atoms with E-state index < -0.39 is 0 Å². The highest BCUT2D eigenvalue weighted by atomic mass is 16.5. The molecular weight excluding hydrogens is 354 g/mol. The zero-order valence-electron chi connectivity index (χ0n) is 16.8. The number of nitrogens with one attached hydrogen (secondary N) is 2. The number of benzene rings is 1. The third-order valence-electron chi connectivity index (χ3n) is 5.16. The number of amides is 2. The molecule has 152 valence electrons. The third kappa shape index (κ3) is 6.02. The molecule has 1 aliphatic rings. The molecule has 0 bridgehead atoms. The van der Waals surface area contributed by atoms with E-state index in [1.54, 1.807) is 6.26 Å².